The molecule has 1 aromatic carbocycles. The zero-order chi connectivity index (χ0) is 16.3. The second kappa shape index (κ2) is 14.2. The van der Waals surface area contributed by atoms with Gasteiger partial charge in [0.05, 0.1) is 13.2 Å². The molecule has 0 radical (unpaired) electrons. The van der Waals surface area contributed by atoms with Crippen LogP contribution in [0.4, 0.5) is 5.69 Å². The number of nitrogens with two attached hydrogens (primary N) is 1. The lowest BCUT2D eigenvalue weighted by molar-refractivity contribution is -0.121. The summed E-state index contributed by atoms with van der Waals surface area (Å²) in [5.41, 5.74) is 7.85. The molecule has 0 aliphatic carbocycles. The molecule has 0 spiro atoms. The molecule has 0 saturated carbocycles. The van der Waals surface area contributed by atoms with Crippen molar-refractivity contribution in [2.75, 3.05) is 37.7 Å². The largest absolute Gasteiger partial charge is 0.378 e. The first-order valence-corrected chi connectivity index (χ1v) is 8.68. The maximum absolute atomic E-state index is 12.0. The van der Waals surface area contributed by atoms with E-state index in [1.165, 1.54) is 11.3 Å². The number of benzene rings is 1. The van der Waals surface area contributed by atoms with Gasteiger partial charge in [0.2, 0.25) is 5.91 Å². The van der Waals surface area contributed by atoms with E-state index in [1.807, 2.05) is 12.1 Å². The molecule has 3 N–H and O–H groups in total. The fourth-order valence-corrected chi connectivity index (χ4v) is 2.84. The van der Waals surface area contributed by atoms with Crippen molar-refractivity contribution in [1.29, 1.82) is 0 Å². The van der Waals surface area contributed by atoms with Crippen molar-refractivity contribution >= 4 is 36.4 Å². The van der Waals surface area contributed by atoms with E-state index in [4.69, 9.17) is 10.5 Å². The number of carbonyl (C=O) groups excluding carboxylic acids is 1. The predicted octanol–water partition coefficient (Wildman–Crippen LogP) is 2.89. The van der Waals surface area contributed by atoms with E-state index < -0.39 is 0 Å². The second-order valence-electron chi connectivity index (χ2n) is 5.96. The van der Waals surface area contributed by atoms with E-state index in [0.29, 0.717) is 13.0 Å². The number of nitrogens with zero attached hydrogens (tertiary/aromatic N) is 1. The van der Waals surface area contributed by atoms with Crippen LogP contribution < -0.4 is 16.0 Å². The Kier molecular flexibility index (Phi) is 13.6. The van der Waals surface area contributed by atoms with Crippen molar-refractivity contribution in [3.05, 3.63) is 29.8 Å². The average Bonchev–Trinajstić information content (AvgIpc) is 2.61. The van der Waals surface area contributed by atoms with E-state index in [9.17, 15) is 4.79 Å². The van der Waals surface area contributed by atoms with Gasteiger partial charge in [-0.15, -0.1) is 24.8 Å². The van der Waals surface area contributed by atoms with Crippen molar-refractivity contribution in [2.45, 2.75) is 38.6 Å². The van der Waals surface area contributed by atoms with Crippen LogP contribution in [0.25, 0.3) is 0 Å². The van der Waals surface area contributed by atoms with E-state index in [2.05, 4.69) is 22.3 Å². The molecule has 0 atom stereocenters. The summed E-state index contributed by atoms with van der Waals surface area (Å²) in [5, 5.41) is 3.05. The summed E-state index contributed by atoms with van der Waals surface area (Å²) in [6.07, 6.45) is 4.79. The zero-order valence-electron chi connectivity index (χ0n) is 14.7. The molecule has 1 heterocycles. The molecule has 0 unspecified atom stereocenters. The molecule has 0 aromatic heterocycles. The van der Waals surface area contributed by atoms with Crippen LogP contribution in [0.1, 0.15) is 37.7 Å². The molecule has 144 valence electrons. The Morgan fingerprint density at radius 3 is 2.48 bits per heavy atom. The number of amides is 1. The Morgan fingerprint density at radius 1 is 1.08 bits per heavy atom. The van der Waals surface area contributed by atoms with Gasteiger partial charge in [0.15, 0.2) is 0 Å². The van der Waals surface area contributed by atoms with Gasteiger partial charge in [0.25, 0.3) is 0 Å². The Labute approximate surface area is 163 Å². The van der Waals surface area contributed by atoms with Crippen LogP contribution in [-0.4, -0.2) is 38.8 Å². The highest BCUT2D eigenvalue weighted by atomic mass is 35.5. The summed E-state index contributed by atoms with van der Waals surface area (Å²) < 4.78 is 5.41. The van der Waals surface area contributed by atoms with Crippen LogP contribution >= 0.6 is 24.8 Å². The molecule has 25 heavy (non-hydrogen) atoms. The Balaban J connectivity index is 0.00000288. The van der Waals surface area contributed by atoms with Crippen LogP contribution in [0.3, 0.4) is 0 Å². The number of halogens is 2. The van der Waals surface area contributed by atoms with Crippen molar-refractivity contribution in [3.8, 4) is 0 Å². The molecule has 0 bridgehead atoms. The van der Waals surface area contributed by atoms with Gasteiger partial charge < -0.3 is 20.7 Å². The summed E-state index contributed by atoms with van der Waals surface area (Å²) in [4.78, 5) is 14.3. The summed E-state index contributed by atoms with van der Waals surface area (Å²) in [5.74, 6) is 0.134. The molecular formula is C18H31Cl2N3O2. The molecule has 1 amide bonds. The minimum absolute atomic E-state index is 0. The quantitative estimate of drug-likeness (QED) is 0.635. The van der Waals surface area contributed by atoms with Gasteiger partial charge in [0.1, 0.15) is 0 Å². The number of unbranched alkanes of at least 4 members (excludes halogenated alkanes) is 3. The number of anilines is 1. The summed E-state index contributed by atoms with van der Waals surface area (Å²) in [6.45, 7) is 4.69. The second-order valence-corrected chi connectivity index (χ2v) is 5.96. The number of hydrogen-bond acceptors (Lipinski definition) is 4. The van der Waals surface area contributed by atoms with Crippen molar-refractivity contribution in [2.24, 2.45) is 5.73 Å². The average molecular weight is 392 g/mol. The fourth-order valence-electron chi connectivity index (χ4n) is 2.84. The molecule has 7 heteroatoms. The number of morpholine rings is 1. The number of nitrogens with one attached hydrogen (secondary N) is 1. The van der Waals surface area contributed by atoms with E-state index in [-0.39, 0.29) is 30.7 Å². The first-order valence-electron chi connectivity index (χ1n) is 8.68. The highest BCUT2D eigenvalue weighted by Gasteiger charge is 2.14. The third-order valence-electron chi connectivity index (χ3n) is 4.18. The summed E-state index contributed by atoms with van der Waals surface area (Å²) in [6, 6.07) is 8.29. The van der Waals surface area contributed by atoms with Crippen molar-refractivity contribution in [1.82, 2.24) is 5.32 Å². The molecular weight excluding hydrogens is 361 g/mol. The van der Waals surface area contributed by atoms with Crippen molar-refractivity contribution in [3.63, 3.8) is 0 Å². The first-order chi connectivity index (χ1) is 11.3. The minimum Gasteiger partial charge on any atom is -0.378 e. The van der Waals surface area contributed by atoms with E-state index >= 15 is 0 Å². The van der Waals surface area contributed by atoms with Crippen LogP contribution in [0.2, 0.25) is 0 Å². The normalized spacial score (nSPS) is 13.6. The lowest BCUT2D eigenvalue weighted by Gasteiger charge is -2.30. The minimum atomic E-state index is 0. The molecule has 1 aliphatic rings. The molecule has 1 aromatic rings. The maximum atomic E-state index is 12.0. The summed E-state index contributed by atoms with van der Waals surface area (Å²) in [7, 11) is 0. The van der Waals surface area contributed by atoms with Crippen LogP contribution in [-0.2, 0) is 16.1 Å². The maximum Gasteiger partial charge on any atom is 0.220 e. The smallest absolute Gasteiger partial charge is 0.220 e. The summed E-state index contributed by atoms with van der Waals surface area (Å²) >= 11 is 0. The predicted molar refractivity (Wildman–Crippen MR) is 108 cm³/mol. The third-order valence-corrected chi connectivity index (χ3v) is 4.18. The number of hydrogen-bond donors (Lipinski definition) is 2. The Hall–Kier alpha value is -1.01. The van der Waals surface area contributed by atoms with Gasteiger partial charge in [-0.3, -0.25) is 4.79 Å². The van der Waals surface area contributed by atoms with E-state index in [0.717, 1.165) is 58.5 Å². The lowest BCUT2D eigenvalue weighted by Crippen LogP contribution is -2.37. The molecule has 1 fully saturated rings. The van der Waals surface area contributed by atoms with Crippen LogP contribution in [0.15, 0.2) is 24.3 Å². The van der Waals surface area contributed by atoms with Crippen LogP contribution in [0, 0.1) is 0 Å². The Morgan fingerprint density at radius 2 is 1.76 bits per heavy atom. The van der Waals surface area contributed by atoms with Gasteiger partial charge in [-0.1, -0.05) is 31.0 Å². The number of carbonyl (C=O) groups is 1. The molecule has 1 aliphatic heterocycles. The first kappa shape index (κ1) is 24.0. The van der Waals surface area contributed by atoms with Gasteiger partial charge in [0, 0.05) is 31.7 Å². The van der Waals surface area contributed by atoms with Gasteiger partial charge in [-0.05, 0) is 31.0 Å². The number of rotatable bonds is 9. The monoisotopic (exact) mass is 391 g/mol. The Bertz CT molecular complexity index is 483. The SMILES string of the molecule is Cl.Cl.NCCCCCCC(=O)NCc1ccccc1N1CCOCC1. The van der Waals surface area contributed by atoms with Gasteiger partial charge in [-0.25, -0.2) is 0 Å². The van der Waals surface area contributed by atoms with Crippen molar-refractivity contribution < 1.29 is 9.53 Å². The van der Waals surface area contributed by atoms with E-state index in [1.54, 1.807) is 0 Å². The fraction of sp³-hybridized carbons (Fsp3) is 0.611. The van der Waals surface area contributed by atoms with Crippen LogP contribution in [0.5, 0.6) is 0 Å². The molecule has 1 saturated heterocycles. The topological polar surface area (TPSA) is 67.6 Å². The molecule has 2 rings (SSSR count). The zero-order valence-corrected chi connectivity index (χ0v) is 16.4. The number of para-hydroxylation sites is 1. The van der Waals surface area contributed by atoms with Gasteiger partial charge >= 0.3 is 0 Å². The van der Waals surface area contributed by atoms with Gasteiger partial charge in [-0.2, -0.15) is 0 Å². The third kappa shape index (κ3) is 8.77. The highest BCUT2D eigenvalue weighted by molar-refractivity contribution is 5.85. The molecule has 5 nitrogen and oxygen atoms in total. The standard InChI is InChI=1S/C18H29N3O2.2ClH/c19-10-6-2-1-3-9-18(22)20-15-16-7-4-5-8-17(16)21-11-13-23-14-12-21;;/h4-5,7-8H,1-3,6,9-15,19H2,(H,20,22);2*1H. The highest BCUT2D eigenvalue weighted by Crippen LogP contribution is 2.21. The lowest BCUT2D eigenvalue weighted by atomic mass is 10.1. The number of ether oxygens (including phenoxy) is 1.